The first kappa shape index (κ1) is 26.4. The summed E-state index contributed by atoms with van der Waals surface area (Å²) in [5, 5.41) is 0. The molecule has 0 aromatic rings. The van der Waals surface area contributed by atoms with Crippen LogP contribution in [-0.4, -0.2) is 59.7 Å². The van der Waals surface area contributed by atoms with Crippen LogP contribution in [-0.2, 0) is 20.3 Å². The Kier molecular flexibility index (Phi) is 13.2. The van der Waals surface area contributed by atoms with Crippen LogP contribution in [0.25, 0.3) is 0 Å². The maximum atomic E-state index is 12.4. The number of alkyl halides is 3. The number of hydrogen-bond donors (Lipinski definition) is 0. The smallest absolute Gasteiger partial charge is 0.405 e. The Bertz CT molecular complexity index is 437. The Labute approximate surface area is 164 Å². The van der Waals surface area contributed by atoms with Gasteiger partial charge >= 0.3 is 12.1 Å². The van der Waals surface area contributed by atoms with Crippen molar-refractivity contribution in [1.29, 1.82) is 0 Å². The Hall–Kier alpha value is -0.630. The Balaban J connectivity index is 4.03. The average molecular weight is 417 g/mol. The Morgan fingerprint density at radius 1 is 0.926 bits per heavy atom. The number of carbonyl (C=O) groups excluding carboxylic acids is 1. The Morgan fingerprint density at radius 2 is 1.37 bits per heavy atom. The summed E-state index contributed by atoms with van der Waals surface area (Å²) in [4.78, 5) is 11.1. The number of ether oxygens (including phenoxy) is 1. The first-order valence-electron chi connectivity index (χ1n) is 9.92. The second-order valence-corrected chi connectivity index (χ2v) is 9.59. The minimum Gasteiger partial charge on any atom is -0.405 e. The number of rotatable bonds is 15. The quantitative estimate of drug-likeness (QED) is 0.167. The lowest BCUT2D eigenvalue weighted by Gasteiger charge is -2.32. The third-order valence-electron chi connectivity index (χ3n) is 4.39. The first-order valence-corrected chi connectivity index (χ1v) is 11.4. The molecule has 0 aliphatic carbocycles. The SMILES string of the molecule is CCCCCCCCCCCCS(=O)CC(OC(=O)C(F)(F)F)[N+](C)(C)C. The van der Waals surface area contributed by atoms with Crippen LogP contribution in [0.2, 0.25) is 0 Å². The fourth-order valence-electron chi connectivity index (χ4n) is 2.60. The topological polar surface area (TPSA) is 43.4 Å². The fraction of sp³-hybridized carbons (Fsp3) is 0.947. The van der Waals surface area contributed by atoms with E-state index in [4.69, 9.17) is 0 Å². The van der Waals surface area contributed by atoms with E-state index in [0.717, 1.165) is 19.3 Å². The molecule has 2 atom stereocenters. The summed E-state index contributed by atoms with van der Waals surface area (Å²) in [6.45, 7) is 2.20. The second-order valence-electron chi connectivity index (χ2n) is 7.97. The Morgan fingerprint density at radius 3 is 1.78 bits per heavy atom. The van der Waals surface area contributed by atoms with Crippen molar-refractivity contribution in [3.8, 4) is 0 Å². The highest BCUT2D eigenvalue weighted by Crippen LogP contribution is 2.20. The molecule has 0 aromatic heterocycles. The highest BCUT2D eigenvalue weighted by atomic mass is 32.2. The van der Waals surface area contributed by atoms with Crippen molar-refractivity contribution < 1.29 is 31.4 Å². The van der Waals surface area contributed by atoms with E-state index in [2.05, 4.69) is 11.7 Å². The highest BCUT2D eigenvalue weighted by molar-refractivity contribution is 7.85. The van der Waals surface area contributed by atoms with Gasteiger partial charge in [-0.3, -0.25) is 8.69 Å². The van der Waals surface area contributed by atoms with E-state index in [1.807, 2.05) is 0 Å². The molecule has 0 radical (unpaired) electrons. The number of unbranched alkanes of at least 4 members (excludes halogenated alkanes) is 9. The zero-order valence-electron chi connectivity index (χ0n) is 17.3. The zero-order chi connectivity index (χ0) is 20.9. The summed E-state index contributed by atoms with van der Waals surface area (Å²) in [7, 11) is 3.54. The van der Waals surface area contributed by atoms with Crippen LogP contribution in [0.5, 0.6) is 0 Å². The zero-order valence-corrected chi connectivity index (χ0v) is 18.1. The lowest BCUT2D eigenvalue weighted by molar-refractivity contribution is -0.913. The molecule has 0 spiro atoms. The van der Waals surface area contributed by atoms with Gasteiger partial charge in [0.1, 0.15) is 5.75 Å². The van der Waals surface area contributed by atoms with Gasteiger partial charge in [-0.1, -0.05) is 64.7 Å². The standard InChI is InChI=1S/C19H37F3NO3S/c1-5-6-7-8-9-10-11-12-13-14-15-27(25)16-17(23(2,3)4)26-18(24)19(20,21)22/h17H,5-16H2,1-4H3/q+1. The molecule has 0 saturated carbocycles. The van der Waals surface area contributed by atoms with Gasteiger partial charge in [0.15, 0.2) is 0 Å². The normalized spacial score (nSPS) is 14.8. The van der Waals surface area contributed by atoms with Crippen molar-refractivity contribution in [3.63, 3.8) is 0 Å². The molecule has 4 nitrogen and oxygen atoms in total. The third-order valence-corrected chi connectivity index (χ3v) is 5.79. The maximum absolute atomic E-state index is 12.4. The first-order chi connectivity index (χ1) is 12.5. The maximum Gasteiger partial charge on any atom is 0.491 e. The molecular formula is C19H37F3NO3S+. The number of esters is 1. The number of nitrogens with zero attached hydrogens (tertiary/aromatic N) is 1. The van der Waals surface area contributed by atoms with Gasteiger partial charge < -0.3 is 4.74 Å². The molecule has 27 heavy (non-hydrogen) atoms. The van der Waals surface area contributed by atoms with Crippen molar-refractivity contribution in [2.75, 3.05) is 32.6 Å². The predicted molar refractivity (Wildman–Crippen MR) is 104 cm³/mol. The molecule has 0 bridgehead atoms. The van der Waals surface area contributed by atoms with Gasteiger partial charge in [0.2, 0.25) is 6.23 Å². The van der Waals surface area contributed by atoms with E-state index in [1.54, 1.807) is 21.1 Å². The largest absolute Gasteiger partial charge is 0.491 e. The van der Waals surface area contributed by atoms with Gasteiger partial charge in [-0.2, -0.15) is 13.2 Å². The average Bonchev–Trinajstić information content (AvgIpc) is 2.54. The highest BCUT2D eigenvalue weighted by Gasteiger charge is 2.44. The number of quaternary nitrogens is 1. The van der Waals surface area contributed by atoms with Crippen LogP contribution in [0.3, 0.4) is 0 Å². The van der Waals surface area contributed by atoms with Gasteiger partial charge in [0.05, 0.1) is 21.1 Å². The van der Waals surface area contributed by atoms with Gasteiger partial charge in [0, 0.05) is 16.6 Å². The third kappa shape index (κ3) is 14.1. The molecule has 0 aliphatic heterocycles. The van der Waals surface area contributed by atoms with E-state index >= 15 is 0 Å². The van der Waals surface area contributed by atoms with Crippen molar-refractivity contribution >= 4 is 16.8 Å². The molecule has 2 unspecified atom stereocenters. The summed E-state index contributed by atoms with van der Waals surface area (Å²) < 4.78 is 54.0. The molecule has 162 valence electrons. The molecule has 0 heterocycles. The minimum absolute atomic E-state index is 0.0222. The summed E-state index contributed by atoms with van der Waals surface area (Å²) in [6, 6.07) is 0. The number of hydrogen-bond acceptors (Lipinski definition) is 3. The van der Waals surface area contributed by atoms with Gasteiger partial charge in [-0.25, -0.2) is 4.79 Å². The van der Waals surface area contributed by atoms with Crippen LogP contribution in [0.4, 0.5) is 13.2 Å². The fourth-order valence-corrected chi connectivity index (χ4v) is 4.13. The van der Waals surface area contributed by atoms with Gasteiger partial charge in [-0.15, -0.1) is 0 Å². The van der Waals surface area contributed by atoms with Crippen molar-refractivity contribution in [2.24, 2.45) is 0 Å². The monoisotopic (exact) mass is 416 g/mol. The molecule has 0 saturated heterocycles. The molecule has 0 amide bonds. The molecule has 8 heteroatoms. The van der Waals surface area contributed by atoms with Crippen molar-refractivity contribution in [3.05, 3.63) is 0 Å². The molecule has 0 aliphatic rings. The van der Waals surface area contributed by atoms with E-state index in [9.17, 15) is 22.2 Å². The van der Waals surface area contributed by atoms with Crippen LogP contribution < -0.4 is 0 Å². The minimum atomic E-state index is -5.04. The molecule has 0 rings (SSSR count). The van der Waals surface area contributed by atoms with Crippen molar-refractivity contribution in [2.45, 2.75) is 83.5 Å². The number of halogens is 3. The summed E-state index contributed by atoms with van der Waals surface area (Å²) in [6.07, 6.45) is 5.54. The van der Waals surface area contributed by atoms with Crippen LogP contribution in [0, 0.1) is 0 Å². The van der Waals surface area contributed by atoms with Crippen molar-refractivity contribution in [1.82, 2.24) is 0 Å². The lowest BCUT2D eigenvalue weighted by Crippen LogP contribution is -2.52. The van der Waals surface area contributed by atoms with E-state index in [0.29, 0.717) is 5.75 Å². The predicted octanol–water partition coefficient (Wildman–Crippen LogP) is 4.79. The molecule has 0 fully saturated rings. The van der Waals surface area contributed by atoms with Crippen LogP contribution in [0.15, 0.2) is 0 Å². The van der Waals surface area contributed by atoms with Crippen LogP contribution in [0.1, 0.15) is 71.1 Å². The summed E-state index contributed by atoms with van der Waals surface area (Å²) in [5.74, 6) is -1.88. The van der Waals surface area contributed by atoms with E-state index in [-0.39, 0.29) is 10.2 Å². The lowest BCUT2D eigenvalue weighted by atomic mass is 10.1. The van der Waals surface area contributed by atoms with E-state index in [1.165, 1.54) is 44.9 Å². The summed E-state index contributed by atoms with van der Waals surface area (Å²) in [5.41, 5.74) is 0. The summed E-state index contributed by atoms with van der Waals surface area (Å²) >= 11 is 0. The molecule has 0 aromatic carbocycles. The molecular weight excluding hydrogens is 379 g/mol. The second kappa shape index (κ2) is 13.5. The van der Waals surface area contributed by atoms with Crippen LogP contribution >= 0.6 is 0 Å². The van der Waals surface area contributed by atoms with E-state index < -0.39 is 29.2 Å². The van der Waals surface area contributed by atoms with Gasteiger partial charge in [-0.05, 0) is 6.42 Å². The number of carbonyl (C=O) groups is 1. The molecule has 0 N–H and O–H groups in total. The van der Waals surface area contributed by atoms with Gasteiger partial charge in [0.25, 0.3) is 0 Å².